The second-order valence-electron chi connectivity index (χ2n) is 9.61. The van der Waals surface area contributed by atoms with Gasteiger partial charge in [-0.05, 0) is 55.9 Å². The van der Waals surface area contributed by atoms with Gasteiger partial charge in [-0.15, -0.1) is 0 Å². The Morgan fingerprint density at radius 1 is 1.22 bits per heavy atom. The van der Waals surface area contributed by atoms with E-state index in [1.807, 2.05) is 18.5 Å². The number of benzene rings is 1. The largest absolute Gasteiger partial charge is 0.481 e. The lowest BCUT2D eigenvalue weighted by molar-refractivity contribution is -0.136. The smallest absolute Gasteiger partial charge is 0.309 e. The van der Waals surface area contributed by atoms with E-state index in [-0.39, 0.29) is 35.2 Å². The average molecular weight is 533 g/mol. The molecule has 1 saturated carbocycles. The van der Waals surface area contributed by atoms with Crippen LogP contribution < -0.4 is 4.74 Å². The van der Waals surface area contributed by atoms with Gasteiger partial charge in [0, 0.05) is 23.0 Å². The number of hydrogen-bond donors (Lipinski definition) is 1. The number of ether oxygens (including phenoxy) is 1. The molecule has 11 heteroatoms. The highest BCUT2D eigenvalue weighted by atomic mass is 35.5. The van der Waals surface area contributed by atoms with Gasteiger partial charge in [0.25, 0.3) is 0 Å². The van der Waals surface area contributed by atoms with Crippen molar-refractivity contribution in [3.8, 4) is 5.88 Å². The molecule has 2 aliphatic rings. The lowest BCUT2D eigenvalue weighted by atomic mass is 9.76. The van der Waals surface area contributed by atoms with E-state index in [1.54, 1.807) is 28.6 Å². The molecule has 2 fully saturated rings. The summed E-state index contributed by atoms with van der Waals surface area (Å²) in [6.45, 7) is 4.64. The van der Waals surface area contributed by atoms with Crippen LogP contribution in [0.1, 0.15) is 44.8 Å². The molecule has 1 aliphatic carbocycles. The summed E-state index contributed by atoms with van der Waals surface area (Å²) >= 11 is 6.32. The number of halogens is 1. The maximum Gasteiger partial charge on any atom is 0.309 e. The molecule has 192 valence electrons. The summed E-state index contributed by atoms with van der Waals surface area (Å²) in [4.78, 5) is 15.8. The third-order valence-electron chi connectivity index (χ3n) is 7.32. The number of nitrogens with zero attached hydrogens (tertiary/aromatic N) is 4. The molecule has 36 heavy (non-hydrogen) atoms. The zero-order valence-corrected chi connectivity index (χ0v) is 21.7. The first-order valence-electron chi connectivity index (χ1n) is 12.2. The number of hydrogen-bond acceptors (Lipinski definition) is 6. The van der Waals surface area contributed by atoms with Crippen molar-refractivity contribution in [3.63, 3.8) is 0 Å². The van der Waals surface area contributed by atoms with E-state index in [9.17, 15) is 18.3 Å². The van der Waals surface area contributed by atoms with E-state index in [0.717, 1.165) is 30.2 Å². The summed E-state index contributed by atoms with van der Waals surface area (Å²) in [5, 5.41) is 15.4. The minimum absolute atomic E-state index is 0.0548. The van der Waals surface area contributed by atoms with Crippen LogP contribution in [0.3, 0.4) is 0 Å². The fourth-order valence-corrected chi connectivity index (χ4v) is 7.44. The number of aliphatic carboxylic acids is 1. The first-order chi connectivity index (χ1) is 17.2. The van der Waals surface area contributed by atoms with Gasteiger partial charge in [-0.3, -0.25) is 9.48 Å². The molecular formula is C25H29ClN4O5S. The highest BCUT2D eigenvalue weighted by molar-refractivity contribution is 7.89. The van der Waals surface area contributed by atoms with Crippen molar-refractivity contribution < 1.29 is 23.1 Å². The molecule has 5 rings (SSSR count). The van der Waals surface area contributed by atoms with Crippen molar-refractivity contribution in [1.29, 1.82) is 0 Å². The topological polar surface area (TPSA) is 115 Å². The Labute approximate surface area is 215 Å². The van der Waals surface area contributed by atoms with Gasteiger partial charge in [0.05, 0.1) is 42.5 Å². The summed E-state index contributed by atoms with van der Waals surface area (Å²) in [6, 6.07) is 7.84. The van der Waals surface area contributed by atoms with Gasteiger partial charge >= 0.3 is 5.97 Å². The molecule has 3 aromatic rings. The molecule has 1 unspecified atom stereocenters. The first-order valence-corrected chi connectivity index (χ1v) is 14.0. The van der Waals surface area contributed by atoms with Crippen LogP contribution in [-0.2, 0) is 21.2 Å². The molecular weight excluding hydrogens is 504 g/mol. The van der Waals surface area contributed by atoms with Crippen LogP contribution in [-0.4, -0.2) is 57.8 Å². The summed E-state index contributed by atoms with van der Waals surface area (Å²) in [5.74, 6) is -0.461. The van der Waals surface area contributed by atoms with Gasteiger partial charge in [0.1, 0.15) is 4.90 Å². The normalized spacial score (nSPS) is 23.1. The van der Waals surface area contributed by atoms with Gasteiger partial charge in [0.15, 0.2) is 0 Å². The minimum Gasteiger partial charge on any atom is -0.481 e. The maximum absolute atomic E-state index is 13.9. The van der Waals surface area contributed by atoms with Gasteiger partial charge in [0.2, 0.25) is 15.9 Å². The predicted octanol–water partition coefficient (Wildman–Crippen LogP) is 4.16. The number of pyridine rings is 1. The van der Waals surface area contributed by atoms with Gasteiger partial charge in [-0.1, -0.05) is 24.9 Å². The van der Waals surface area contributed by atoms with E-state index in [1.165, 1.54) is 12.3 Å². The van der Waals surface area contributed by atoms with Crippen molar-refractivity contribution in [3.05, 3.63) is 47.2 Å². The van der Waals surface area contributed by atoms with E-state index < -0.39 is 16.0 Å². The van der Waals surface area contributed by atoms with Crippen LogP contribution >= 0.6 is 11.6 Å². The SMILES string of the molecule is CCOc1ccc(S(=O)(=O)N2C[C@@H](C)[C@@H](n3nc(CC(=O)O)c4ccc(Cl)cc43)C2C2CCC2)cn1. The van der Waals surface area contributed by atoms with E-state index in [4.69, 9.17) is 21.4 Å². The van der Waals surface area contributed by atoms with Crippen LogP contribution in [0.25, 0.3) is 10.9 Å². The number of carboxylic acid groups (broad SMARTS) is 1. The monoisotopic (exact) mass is 532 g/mol. The zero-order chi connectivity index (χ0) is 25.6. The molecule has 1 aromatic carbocycles. The number of fused-ring (bicyclic) bond motifs is 1. The van der Waals surface area contributed by atoms with Crippen LogP contribution in [0.5, 0.6) is 5.88 Å². The second kappa shape index (κ2) is 9.64. The summed E-state index contributed by atoms with van der Waals surface area (Å²) in [5.41, 5.74) is 1.17. The lowest BCUT2D eigenvalue weighted by Gasteiger charge is -2.39. The fourth-order valence-electron chi connectivity index (χ4n) is 5.53. The Bertz CT molecular complexity index is 1390. The Morgan fingerprint density at radius 2 is 2.00 bits per heavy atom. The van der Waals surface area contributed by atoms with Crippen molar-refractivity contribution in [2.75, 3.05) is 13.2 Å². The van der Waals surface area contributed by atoms with E-state index in [0.29, 0.717) is 29.7 Å². The molecule has 3 atom stereocenters. The minimum atomic E-state index is -3.83. The Morgan fingerprint density at radius 3 is 2.61 bits per heavy atom. The molecule has 9 nitrogen and oxygen atoms in total. The van der Waals surface area contributed by atoms with Crippen molar-refractivity contribution in [2.45, 2.75) is 56.5 Å². The maximum atomic E-state index is 13.9. The molecule has 0 spiro atoms. The summed E-state index contributed by atoms with van der Waals surface area (Å²) in [6.07, 6.45) is 4.05. The van der Waals surface area contributed by atoms with Crippen molar-refractivity contribution >= 4 is 38.5 Å². The molecule has 2 aromatic heterocycles. The number of carbonyl (C=O) groups is 1. The van der Waals surface area contributed by atoms with Crippen molar-refractivity contribution in [1.82, 2.24) is 19.1 Å². The summed E-state index contributed by atoms with van der Waals surface area (Å²) < 4.78 is 36.5. The van der Waals surface area contributed by atoms with Gasteiger partial charge in [-0.2, -0.15) is 9.40 Å². The third kappa shape index (κ3) is 4.35. The average Bonchev–Trinajstić information content (AvgIpc) is 3.30. The zero-order valence-electron chi connectivity index (χ0n) is 20.2. The van der Waals surface area contributed by atoms with Crippen LogP contribution in [0.4, 0.5) is 0 Å². The number of sulfonamides is 1. The molecule has 0 radical (unpaired) electrons. The molecule has 3 heterocycles. The lowest BCUT2D eigenvalue weighted by Crippen LogP contribution is -2.45. The molecule has 1 aliphatic heterocycles. The Kier molecular flexibility index (Phi) is 6.69. The summed E-state index contributed by atoms with van der Waals surface area (Å²) in [7, 11) is -3.83. The third-order valence-corrected chi connectivity index (χ3v) is 9.40. The van der Waals surface area contributed by atoms with Gasteiger partial charge < -0.3 is 9.84 Å². The second-order valence-corrected chi connectivity index (χ2v) is 11.9. The first kappa shape index (κ1) is 25.0. The van der Waals surface area contributed by atoms with Gasteiger partial charge in [-0.25, -0.2) is 13.4 Å². The van der Waals surface area contributed by atoms with E-state index >= 15 is 0 Å². The number of aromatic nitrogens is 3. The Balaban J connectivity index is 1.59. The molecule has 0 bridgehead atoms. The standard InChI is InChI=1S/C25H29ClN4O5S/c1-3-35-22-10-8-18(13-27-22)36(33,34)29-14-15(2)24(25(29)16-5-4-6-16)30-21-11-17(26)7-9-19(21)20(28-30)12-23(31)32/h7-11,13,15-16,24-25H,3-6,12,14H2,1-2H3,(H,31,32)/t15-,24-,25?/m1/s1. The van der Waals surface area contributed by atoms with Crippen LogP contribution in [0.2, 0.25) is 5.02 Å². The quantitative estimate of drug-likeness (QED) is 0.463. The van der Waals surface area contributed by atoms with Crippen LogP contribution in [0, 0.1) is 11.8 Å². The Hall–Kier alpha value is -2.69. The number of carboxylic acids is 1. The van der Waals surface area contributed by atoms with E-state index in [2.05, 4.69) is 4.98 Å². The molecule has 0 amide bonds. The predicted molar refractivity (Wildman–Crippen MR) is 135 cm³/mol. The highest BCUT2D eigenvalue weighted by Gasteiger charge is 2.51. The fraction of sp³-hybridized carbons (Fsp3) is 0.480. The van der Waals surface area contributed by atoms with Crippen molar-refractivity contribution in [2.24, 2.45) is 11.8 Å². The number of rotatable bonds is 8. The van der Waals surface area contributed by atoms with Crippen LogP contribution in [0.15, 0.2) is 41.4 Å². The molecule has 1 N–H and O–H groups in total. The molecule has 1 saturated heterocycles. The highest BCUT2D eigenvalue weighted by Crippen LogP contribution is 2.47.